The fourth-order valence-corrected chi connectivity index (χ4v) is 1.82. The molecule has 0 fully saturated rings. The summed E-state index contributed by atoms with van der Waals surface area (Å²) in [6.07, 6.45) is 2.90. The van der Waals surface area contributed by atoms with Crippen molar-refractivity contribution in [2.45, 2.75) is 25.8 Å². The van der Waals surface area contributed by atoms with Crippen LogP contribution in [0, 0.1) is 0 Å². The molecule has 1 rings (SSSR count). The summed E-state index contributed by atoms with van der Waals surface area (Å²) < 4.78 is 0. The van der Waals surface area contributed by atoms with Gasteiger partial charge in [0.05, 0.1) is 6.04 Å². The summed E-state index contributed by atoms with van der Waals surface area (Å²) in [5.74, 6) is -0.388. The SMILES string of the molecule is CCc1cnc(C(N)CC(N)=O)s1. The fraction of sp³-hybridized carbons (Fsp3) is 0.500. The van der Waals surface area contributed by atoms with Crippen molar-refractivity contribution in [3.63, 3.8) is 0 Å². The molecule has 1 aromatic rings. The van der Waals surface area contributed by atoms with E-state index in [0.29, 0.717) is 0 Å². The van der Waals surface area contributed by atoms with E-state index in [9.17, 15) is 4.79 Å². The van der Waals surface area contributed by atoms with E-state index < -0.39 is 0 Å². The molecule has 0 saturated carbocycles. The largest absolute Gasteiger partial charge is 0.370 e. The van der Waals surface area contributed by atoms with Crippen LogP contribution in [0.1, 0.15) is 29.3 Å². The first-order valence-electron chi connectivity index (χ1n) is 4.12. The van der Waals surface area contributed by atoms with Crippen LogP contribution in [0.25, 0.3) is 0 Å². The standard InChI is InChI=1S/C8H13N3OS/c1-2-5-4-11-8(13-5)6(9)3-7(10)12/h4,6H,2-3,9H2,1H3,(H2,10,12). The fourth-order valence-electron chi connectivity index (χ4n) is 0.962. The summed E-state index contributed by atoms with van der Waals surface area (Å²) in [4.78, 5) is 15.9. The van der Waals surface area contributed by atoms with Crippen molar-refractivity contribution in [1.82, 2.24) is 4.98 Å². The number of hydrogen-bond acceptors (Lipinski definition) is 4. The number of rotatable bonds is 4. The Kier molecular flexibility index (Phi) is 3.39. The van der Waals surface area contributed by atoms with E-state index in [0.717, 1.165) is 11.4 Å². The molecule has 4 N–H and O–H groups in total. The van der Waals surface area contributed by atoms with E-state index >= 15 is 0 Å². The molecule has 1 heterocycles. The topological polar surface area (TPSA) is 82.0 Å². The van der Waals surface area contributed by atoms with E-state index in [1.54, 1.807) is 6.20 Å². The average Bonchev–Trinajstić information content (AvgIpc) is 2.50. The third-order valence-corrected chi connectivity index (χ3v) is 2.93. The Bertz CT molecular complexity index is 297. The molecule has 1 aromatic heterocycles. The number of carbonyl (C=O) groups is 1. The van der Waals surface area contributed by atoms with Crippen LogP contribution in [0.15, 0.2) is 6.20 Å². The first-order valence-corrected chi connectivity index (χ1v) is 4.93. The van der Waals surface area contributed by atoms with Gasteiger partial charge in [0.1, 0.15) is 5.01 Å². The summed E-state index contributed by atoms with van der Waals surface area (Å²) in [5.41, 5.74) is 10.7. The second-order valence-corrected chi connectivity index (χ2v) is 3.94. The van der Waals surface area contributed by atoms with Crippen LogP contribution in [0.3, 0.4) is 0 Å². The molecule has 0 aliphatic rings. The quantitative estimate of drug-likeness (QED) is 0.744. The van der Waals surface area contributed by atoms with Crippen LogP contribution in [0.2, 0.25) is 0 Å². The highest BCUT2D eigenvalue weighted by Crippen LogP contribution is 2.20. The summed E-state index contributed by atoms with van der Waals surface area (Å²) in [5, 5.41) is 0.788. The van der Waals surface area contributed by atoms with Crippen molar-refractivity contribution >= 4 is 17.2 Å². The molecule has 0 radical (unpaired) electrons. The van der Waals surface area contributed by atoms with Gasteiger partial charge in [-0.1, -0.05) is 6.92 Å². The van der Waals surface area contributed by atoms with Crippen molar-refractivity contribution in [3.8, 4) is 0 Å². The highest BCUT2D eigenvalue weighted by atomic mass is 32.1. The third kappa shape index (κ3) is 2.78. The second kappa shape index (κ2) is 4.34. The van der Waals surface area contributed by atoms with E-state index in [-0.39, 0.29) is 18.4 Å². The van der Waals surface area contributed by atoms with Gasteiger partial charge in [0.2, 0.25) is 5.91 Å². The van der Waals surface area contributed by atoms with Crippen LogP contribution in [0.4, 0.5) is 0 Å². The first-order chi connectivity index (χ1) is 6.13. The molecule has 72 valence electrons. The molecule has 0 bridgehead atoms. The Morgan fingerprint density at radius 2 is 2.46 bits per heavy atom. The molecule has 1 unspecified atom stereocenters. The second-order valence-electron chi connectivity index (χ2n) is 2.80. The Labute approximate surface area is 81.0 Å². The maximum absolute atomic E-state index is 10.6. The van der Waals surface area contributed by atoms with Gasteiger partial charge in [-0.15, -0.1) is 11.3 Å². The minimum Gasteiger partial charge on any atom is -0.370 e. The van der Waals surface area contributed by atoms with Crippen molar-refractivity contribution in [2.24, 2.45) is 11.5 Å². The van der Waals surface area contributed by atoms with Crippen LogP contribution in [-0.2, 0) is 11.2 Å². The minimum absolute atomic E-state index is 0.163. The molecule has 0 saturated heterocycles. The number of hydrogen-bond donors (Lipinski definition) is 2. The van der Waals surface area contributed by atoms with E-state index in [1.165, 1.54) is 16.2 Å². The van der Waals surface area contributed by atoms with Gasteiger partial charge in [-0.25, -0.2) is 4.98 Å². The van der Waals surface area contributed by atoms with Crippen molar-refractivity contribution < 1.29 is 4.79 Å². The number of amides is 1. The normalized spacial score (nSPS) is 12.8. The van der Waals surface area contributed by atoms with Gasteiger partial charge in [-0.3, -0.25) is 4.79 Å². The highest BCUT2D eigenvalue weighted by molar-refractivity contribution is 7.11. The summed E-state index contributed by atoms with van der Waals surface area (Å²) >= 11 is 1.54. The maximum atomic E-state index is 10.6. The van der Waals surface area contributed by atoms with E-state index in [1.807, 2.05) is 0 Å². The third-order valence-electron chi connectivity index (χ3n) is 1.66. The van der Waals surface area contributed by atoms with Crippen LogP contribution in [-0.4, -0.2) is 10.9 Å². The molecule has 0 aromatic carbocycles. The zero-order valence-electron chi connectivity index (χ0n) is 7.49. The Morgan fingerprint density at radius 3 is 2.92 bits per heavy atom. The average molecular weight is 199 g/mol. The monoisotopic (exact) mass is 199 g/mol. The summed E-state index contributed by atoms with van der Waals surface area (Å²) in [6.45, 7) is 2.05. The Balaban J connectivity index is 2.65. The van der Waals surface area contributed by atoms with Gasteiger partial charge >= 0.3 is 0 Å². The molecule has 1 amide bonds. The number of aromatic nitrogens is 1. The number of thiazole rings is 1. The molecule has 13 heavy (non-hydrogen) atoms. The zero-order chi connectivity index (χ0) is 9.84. The smallest absolute Gasteiger partial charge is 0.219 e. The number of primary amides is 1. The molecule has 4 nitrogen and oxygen atoms in total. The van der Waals surface area contributed by atoms with Gasteiger partial charge < -0.3 is 11.5 Å². The predicted octanol–water partition coefficient (Wildman–Crippen LogP) is 0.581. The predicted molar refractivity (Wildman–Crippen MR) is 52.2 cm³/mol. The molecule has 0 aliphatic carbocycles. The van der Waals surface area contributed by atoms with Crippen LogP contribution < -0.4 is 11.5 Å². The van der Waals surface area contributed by atoms with Crippen LogP contribution >= 0.6 is 11.3 Å². The highest BCUT2D eigenvalue weighted by Gasteiger charge is 2.12. The van der Waals surface area contributed by atoms with E-state index in [2.05, 4.69) is 11.9 Å². The number of nitrogens with zero attached hydrogens (tertiary/aromatic N) is 1. The van der Waals surface area contributed by atoms with Crippen molar-refractivity contribution in [1.29, 1.82) is 0 Å². The number of nitrogens with two attached hydrogens (primary N) is 2. The molecular formula is C8H13N3OS. The maximum Gasteiger partial charge on any atom is 0.219 e. The van der Waals surface area contributed by atoms with E-state index in [4.69, 9.17) is 11.5 Å². The van der Waals surface area contributed by atoms with Crippen molar-refractivity contribution in [2.75, 3.05) is 0 Å². The van der Waals surface area contributed by atoms with Gasteiger partial charge in [0.15, 0.2) is 0 Å². The minimum atomic E-state index is -0.388. The van der Waals surface area contributed by atoms with Crippen molar-refractivity contribution in [3.05, 3.63) is 16.1 Å². The van der Waals surface area contributed by atoms with Gasteiger partial charge in [0, 0.05) is 17.5 Å². The zero-order valence-corrected chi connectivity index (χ0v) is 8.30. The molecular weight excluding hydrogens is 186 g/mol. The number of aryl methyl sites for hydroxylation is 1. The van der Waals surface area contributed by atoms with Gasteiger partial charge in [-0.2, -0.15) is 0 Å². The lowest BCUT2D eigenvalue weighted by atomic mass is 10.2. The first kappa shape index (κ1) is 10.1. The van der Waals surface area contributed by atoms with Gasteiger partial charge in [-0.05, 0) is 6.42 Å². The molecule has 0 spiro atoms. The lowest BCUT2D eigenvalue weighted by Gasteiger charge is -2.03. The van der Waals surface area contributed by atoms with Gasteiger partial charge in [0.25, 0.3) is 0 Å². The molecule has 0 aliphatic heterocycles. The lowest BCUT2D eigenvalue weighted by molar-refractivity contribution is -0.118. The molecule has 1 atom stereocenters. The Hall–Kier alpha value is -0.940. The Morgan fingerprint density at radius 1 is 1.77 bits per heavy atom. The lowest BCUT2D eigenvalue weighted by Crippen LogP contribution is -2.20. The summed E-state index contributed by atoms with van der Waals surface area (Å²) in [7, 11) is 0. The van der Waals surface area contributed by atoms with Crippen LogP contribution in [0.5, 0.6) is 0 Å². The number of carbonyl (C=O) groups excluding carboxylic acids is 1. The summed E-state index contributed by atoms with van der Waals surface area (Å²) in [6, 6.07) is -0.345. The molecule has 5 heteroatoms.